The van der Waals surface area contributed by atoms with Crippen LogP contribution in [0.5, 0.6) is 0 Å². The second-order valence-electron chi connectivity index (χ2n) is 17.7. The molecule has 0 bridgehead atoms. The molecule has 1 aromatic heterocycles. The maximum absolute atomic E-state index is 11.5. The first kappa shape index (κ1) is 33.3. The average molecular weight is 655 g/mol. The van der Waals surface area contributed by atoms with Crippen LogP contribution in [-0.4, -0.2) is 28.1 Å². The van der Waals surface area contributed by atoms with E-state index in [-0.39, 0.29) is 16.4 Å². The molecular weight excluding hydrogens is 597 g/mol. The third-order valence-corrected chi connectivity index (χ3v) is 16.5. The lowest BCUT2D eigenvalue weighted by Gasteiger charge is -2.72. The van der Waals surface area contributed by atoms with E-state index in [9.17, 15) is 9.90 Å². The lowest BCUT2D eigenvalue weighted by Crippen LogP contribution is -2.68. The van der Waals surface area contributed by atoms with Gasteiger partial charge in [-0.1, -0.05) is 65.0 Å². The number of hydrogen-bond donors (Lipinski definition) is 2. The Morgan fingerprint density at radius 1 is 0.979 bits per heavy atom. The Bertz CT molecular complexity index is 1540. The molecule has 4 fully saturated rings. The summed E-state index contributed by atoms with van der Waals surface area (Å²) < 4.78 is 0. The Labute approximate surface area is 287 Å². The van der Waals surface area contributed by atoms with E-state index in [1.807, 2.05) is 18.3 Å². The summed E-state index contributed by atoms with van der Waals surface area (Å²) in [5, 5.41) is 17.1. The maximum atomic E-state index is 11.5. The number of hydrogen-bond acceptors (Lipinski definition) is 4. The highest BCUT2D eigenvalue weighted by molar-refractivity contribution is 7.09. The van der Waals surface area contributed by atoms with Gasteiger partial charge in [0.2, 0.25) is 0 Å². The molecule has 1 aromatic carbocycles. The summed E-state index contributed by atoms with van der Waals surface area (Å²) in [6, 6.07) is 7.64. The third kappa shape index (κ3) is 4.98. The van der Waals surface area contributed by atoms with Crippen molar-refractivity contribution in [1.29, 1.82) is 0 Å². The average Bonchev–Trinajstić information content (AvgIpc) is 3.68. The molecule has 0 unspecified atom stereocenters. The van der Waals surface area contributed by atoms with E-state index in [1.54, 1.807) is 23.5 Å². The van der Waals surface area contributed by atoms with Crippen molar-refractivity contribution in [2.45, 2.75) is 118 Å². The first-order valence-electron chi connectivity index (χ1n) is 18.6. The van der Waals surface area contributed by atoms with Crippen molar-refractivity contribution in [2.75, 3.05) is 6.54 Å². The lowest BCUT2D eigenvalue weighted by molar-refractivity contribution is -0.219. The monoisotopic (exact) mass is 654 g/mol. The van der Waals surface area contributed by atoms with Crippen LogP contribution in [0.1, 0.15) is 127 Å². The zero-order valence-electron chi connectivity index (χ0n) is 29.8. The van der Waals surface area contributed by atoms with Crippen LogP contribution in [0.4, 0.5) is 0 Å². The third-order valence-electron chi connectivity index (χ3n) is 15.6. The summed E-state index contributed by atoms with van der Waals surface area (Å²) >= 11 is 1.79. The van der Waals surface area contributed by atoms with Crippen LogP contribution in [-0.2, 0) is 6.42 Å². The number of nitrogens with one attached hydrogen (secondary N) is 1. The minimum Gasteiger partial charge on any atom is -0.478 e. The van der Waals surface area contributed by atoms with Crippen molar-refractivity contribution in [1.82, 2.24) is 10.3 Å². The van der Waals surface area contributed by atoms with Gasteiger partial charge in [-0.15, -0.1) is 11.3 Å². The molecule has 47 heavy (non-hydrogen) atoms. The van der Waals surface area contributed by atoms with Gasteiger partial charge in [0.25, 0.3) is 0 Å². The number of thiazole rings is 1. The van der Waals surface area contributed by atoms with Gasteiger partial charge < -0.3 is 10.4 Å². The number of nitrogens with zero attached hydrogens (tertiary/aromatic N) is 1. The van der Waals surface area contributed by atoms with Gasteiger partial charge in [0.15, 0.2) is 0 Å². The van der Waals surface area contributed by atoms with Gasteiger partial charge in [-0.3, -0.25) is 0 Å². The lowest BCUT2D eigenvalue weighted by atomic mass is 9.33. The molecular formula is C42H58N2O2S. The van der Waals surface area contributed by atoms with Crippen LogP contribution in [0, 0.1) is 51.2 Å². The van der Waals surface area contributed by atoms with Gasteiger partial charge in [0.05, 0.1) is 10.6 Å². The number of carboxylic acid groups (broad SMARTS) is 1. The van der Waals surface area contributed by atoms with Crippen molar-refractivity contribution in [2.24, 2.45) is 51.2 Å². The van der Waals surface area contributed by atoms with Crippen molar-refractivity contribution >= 4 is 22.9 Å². The fraction of sp³-hybridized carbons (Fsp3) is 0.667. The topological polar surface area (TPSA) is 62.2 Å². The molecule has 1 heterocycles. The molecule has 2 N–H and O–H groups in total. The fourth-order valence-electron chi connectivity index (χ4n) is 13.3. The number of benzene rings is 1. The number of carbonyl (C=O) groups is 1. The van der Waals surface area contributed by atoms with E-state index in [0.29, 0.717) is 40.1 Å². The second kappa shape index (κ2) is 11.7. The van der Waals surface area contributed by atoms with E-state index >= 15 is 0 Å². The van der Waals surface area contributed by atoms with Crippen molar-refractivity contribution in [3.63, 3.8) is 0 Å². The Balaban J connectivity index is 1.17. The molecule has 0 saturated heterocycles. The zero-order valence-corrected chi connectivity index (χ0v) is 30.6. The van der Waals surface area contributed by atoms with Gasteiger partial charge >= 0.3 is 5.97 Å². The summed E-state index contributed by atoms with van der Waals surface area (Å²) in [6.07, 6.45) is 18.4. The zero-order chi connectivity index (χ0) is 33.4. The Hall–Kier alpha value is -2.24. The fourth-order valence-corrected chi connectivity index (χ4v) is 14.0. The number of aryl methyl sites for hydroxylation is 1. The van der Waals surface area contributed by atoms with Gasteiger partial charge in [0, 0.05) is 23.5 Å². The molecule has 254 valence electrons. The van der Waals surface area contributed by atoms with Gasteiger partial charge in [-0.25, -0.2) is 9.78 Å². The smallest absolute Gasteiger partial charge is 0.335 e. The number of rotatable bonds is 8. The predicted octanol–water partition coefficient (Wildman–Crippen LogP) is 10.5. The summed E-state index contributed by atoms with van der Waals surface area (Å²) in [5.41, 5.74) is 5.60. The molecule has 0 radical (unpaired) electrons. The molecule has 5 aliphatic rings. The largest absolute Gasteiger partial charge is 0.478 e. The Kier molecular flexibility index (Phi) is 8.27. The predicted molar refractivity (Wildman–Crippen MR) is 194 cm³/mol. The van der Waals surface area contributed by atoms with Crippen molar-refractivity contribution in [3.05, 3.63) is 70.2 Å². The van der Waals surface area contributed by atoms with Gasteiger partial charge in [0.1, 0.15) is 0 Å². The summed E-state index contributed by atoms with van der Waals surface area (Å²) in [4.78, 5) is 16.1. The minimum atomic E-state index is -0.855. The molecule has 5 aliphatic carbocycles. The van der Waals surface area contributed by atoms with Crippen LogP contribution in [0.25, 0.3) is 5.57 Å². The number of allylic oxidation sites excluding steroid dienone is 3. The SMILES string of the molecule is C=C(C)[C@@H]1CC[C@]2(NCCCc3nccs3)CC[C@]3(C)[C@H](CC[C@@H]4[C@@]5(C)CC=C(c6ccc(C(=O)O)cc6)C(C)(C)[C@@H]5CC[C@]43C)[C@@H]12. The number of aromatic nitrogens is 1. The van der Waals surface area contributed by atoms with Crippen molar-refractivity contribution < 1.29 is 9.90 Å². The number of carboxylic acids is 1. The summed E-state index contributed by atoms with van der Waals surface area (Å²) in [7, 11) is 0. The summed E-state index contributed by atoms with van der Waals surface area (Å²) in [5.74, 6) is 2.53. The van der Waals surface area contributed by atoms with E-state index in [0.717, 1.165) is 31.7 Å². The highest BCUT2D eigenvalue weighted by atomic mass is 32.1. The van der Waals surface area contributed by atoms with Gasteiger partial charge in [-0.05, 0) is 152 Å². The maximum Gasteiger partial charge on any atom is 0.335 e. The molecule has 0 aliphatic heterocycles. The molecule has 4 saturated carbocycles. The van der Waals surface area contributed by atoms with E-state index in [4.69, 9.17) is 0 Å². The minimum absolute atomic E-state index is 0.0393. The molecule has 5 heteroatoms. The standard InChI is InChI=1S/C42H58N2O2S/c1-27(2)30-16-21-42(44-24-8-9-35-43-25-26-47-35)23-22-40(6)32(36(30)42)14-15-34-39(5)19-17-31(28-10-12-29(13-11-28)37(45)46)38(3,4)33(39)18-20-41(34,40)7/h10-13,17,25-26,30,32-34,36,44H,1,8-9,14-16,18-24H2,2-7H3,(H,45,46)/t30-,32+,33-,34+,36+,39-,40+,41+,42-/m0/s1. The molecule has 9 atom stereocenters. The van der Waals surface area contributed by atoms with Crippen molar-refractivity contribution in [3.8, 4) is 0 Å². The molecule has 0 spiro atoms. The molecule has 7 rings (SSSR count). The van der Waals surface area contributed by atoms with Crippen LogP contribution >= 0.6 is 11.3 Å². The Morgan fingerprint density at radius 2 is 1.74 bits per heavy atom. The Morgan fingerprint density at radius 3 is 2.43 bits per heavy atom. The van der Waals surface area contributed by atoms with E-state index in [1.165, 1.54) is 73.1 Å². The van der Waals surface area contributed by atoms with Gasteiger partial charge in [-0.2, -0.15) is 0 Å². The normalized spacial score (nSPS) is 40.4. The first-order valence-corrected chi connectivity index (χ1v) is 19.5. The quantitative estimate of drug-likeness (QED) is 0.220. The molecule has 2 aromatic rings. The highest BCUT2D eigenvalue weighted by Gasteiger charge is 2.70. The van der Waals surface area contributed by atoms with Crippen LogP contribution < -0.4 is 5.32 Å². The van der Waals surface area contributed by atoms with Crippen LogP contribution in [0.15, 0.2) is 54.1 Å². The first-order chi connectivity index (χ1) is 22.3. The van der Waals surface area contributed by atoms with E-state index in [2.05, 4.69) is 69.9 Å². The van der Waals surface area contributed by atoms with E-state index < -0.39 is 5.97 Å². The second-order valence-corrected chi connectivity index (χ2v) is 18.7. The highest BCUT2D eigenvalue weighted by Crippen LogP contribution is 2.76. The van der Waals surface area contributed by atoms with Crippen LogP contribution in [0.2, 0.25) is 0 Å². The molecule has 0 amide bonds. The summed E-state index contributed by atoms with van der Waals surface area (Å²) in [6.45, 7) is 21.1. The number of aromatic carboxylic acids is 1. The molecule has 4 nitrogen and oxygen atoms in total. The number of fused-ring (bicyclic) bond motifs is 7. The van der Waals surface area contributed by atoms with Crippen LogP contribution in [0.3, 0.4) is 0 Å².